The van der Waals surface area contributed by atoms with Gasteiger partial charge in [-0.1, -0.05) is 61.0 Å². The summed E-state index contributed by atoms with van der Waals surface area (Å²) in [5.74, 6) is 0. The fourth-order valence-electron chi connectivity index (χ4n) is 2.98. The van der Waals surface area contributed by atoms with Crippen molar-refractivity contribution >= 4 is 0 Å². The van der Waals surface area contributed by atoms with Crippen molar-refractivity contribution in [1.82, 2.24) is 0 Å². The average molecular weight is 357 g/mol. The third-order valence-corrected chi connectivity index (χ3v) is 4.94. The van der Waals surface area contributed by atoms with Crippen molar-refractivity contribution in [2.45, 2.75) is 50.2 Å². The van der Waals surface area contributed by atoms with Gasteiger partial charge >= 0.3 is 0 Å². The lowest BCUT2D eigenvalue weighted by Gasteiger charge is -2.24. The van der Waals surface area contributed by atoms with Crippen LogP contribution in [0.4, 0.5) is 0 Å². The zero-order valence-electron chi connectivity index (χ0n) is 15.3. The van der Waals surface area contributed by atoms with Crippen LogP contribution >= 0.6 is 0 Å². The Morgan fingerprint density at radius 3 is 1.96 bits per heavy atom. The minimum absolute atomic E-state index is 0.212. The Hall–Kier alpha value is -1.72. The van der Waals surface area contributed by atoms with E-state index in [4.69, 9.17) is 5.73 Å². The zero-order chi connectivity index (χ0) is 18.8. The molecule has 26 heavy (non-hydrogen) atoms. The van der Waals surface area contributed by atoms with E-state index >= 15 is 0 Å². The number of unbranched alkanes of at least 4 members (excludes halogenated alkanes) is 1. The molecule has 0 aliphatic heterocycles. The lowest BCUT2D eigenvalue weighted by atomic mass is 9.93. The average Bonchev–Trinajstić information content (AvgIpc) is 2.70. The smallest absolute Gasteiger partial charge is 0.0790 e. The van der Waals surface area contributed by atoms with E-state index < -0.39 is 5.54 Å². The Morgan fingerprint density at radius 1 is 0.808 bits per heavy atom. The molecule has 2 aromatic rings. The van der Waals surface area contributed by atoms with E-state index in [0.717, 1.165) is 43.2 Å². The van der Waals surface area contributed by atoms with Gasteiger partial charge in [0.1, 0.15) is 0 Å². The fourth-order valence-corrected chi connectivity index (χ4v) is 2.98. The van der Waals surface area contributed by atoms with E-state index in [1.165, 1.54) is 5.56 Å². The number of rotatable bonds is 11. The Balaban J connectivity index is 1.70. The van der Waals surface area contributed by atoms with Gasteiger partial charge in [-0.2, -0.15) is 0 Å². The zero-order valence-corrected chi connectivity index (χ0v) is 15.3. The quantitative estimate of drug-likeness (QED) is 0.466. The Bertz CT molecular complexity index is 624. The number of aryl methyl sites for hydroxylation is 2. The largest absolute Gasteiger partial charge is 0.394 e. The van der Waals surface area contributed by atoms with E-state index in [9.17, 15) is 15.3 Å². The normalized spacial score (nSPS) is 12.9. The summed E-state index contributed by atoms with van der Waals surface area (Å²) in [6, 6.07) is 18.2. The summed E-state index contributed by atoms with van der Waals surface area (Å²) in [4.78, 5) is 0. The molecule has 0 amide bonds. The van der Waals surface area contributed by atoms with Crippen LogP contribution in [0.1, 0.15) is 48.5 Å². The number of nitrogens with two attached hydrogens (primary N) is 1. The summed E-state index contributed by atoms with van der Waals surface area (Å²) in [5.41, 5.74) is 8.42. The Kier molecular flexibility index (Phi) is 8.26. The van der Waals surface area contributed by atoms with Crippen LogP contribution in [0.15, 0.2) is 54.6 Å². The monoisotopic (exact) mass is 357 g/mol. The summed E-state index contributed by atoms with van der Waals surface area (Å²) in [6.45, 7) is -0.424. The highest BCUT2D eigenvalue weighted by Crippen LogP contribution is 2.20. The molecule has 5 N–H and O–H groups in total. The maximum atomic E-state index is 10.2. The first-order chi connectivity index (χ1) is 12.6. The third kappa shape index (κ3) is 6.54. The van der Waals surface area contributed by atoms with E-state index in [1.54, 1.807) is 0 Å². The maximum absolute atomic E-state index is 10.2. The molecule has 2 aromatic carbocycles. The first-order valence-electron chi connectivity index (χ1n) is 9.38. The first kappa shape index (κ1) is 20.6. The van der Waals surface area contributed by atoms with Crippen LogP contribution in [0, 0.1) is 0 Å². The highest BCUT2D eigenvalue weighted by Gasteiger charge is 2.22. The van der Waals surface area contributed by atoms with Gasteiger partial charge in [0.05, 0.1) is 24.9 Å². The molecule has 0 aliphatic carbocycles. The molecular formula is C22H31NO3. The van der Waals surface area contributed by atoms with Crippen molar-refractivity contribution in [3.05, 3.63) is 71.3 Å². The predicted octanol–water partition coefficient (Wildman–Crippen LogP) is 2.75. The Labute approximate surface area is 156 Å². The number of hydrogen-bond acceptors (Lipinski definition) is 4. The molecule has 0 bridgehead atoms. The molecule has 0 spiro atoms. The van der Waals surface area contributed by atoms with E-state index in [-0.39, 0.29) is 19.3 Å². The highest BCUT2D eigenvalue weighted by atomic mass is 16.3. The van der Waals surface area contributed by atoms with Crippen LogP contribution in [0.5, 0.6) is 0 Å². The van der Waals surface area contributed by atoms with Crippen molar-refractivity contribution < 1.29 is 15.3 Å². The molecule has 4 nitrogen and oxygen atoms in total. The lowest BCUT2D eigenvalue weighted by Crippen LogP contribution is -2.47. The summed E-state index contributed by atoms with van der Waals surface area (Å²) < 4.78 is 0. The molecule has 0 radical (unpaired) electrons. The van der Waals surface area contributed by atoms with Gasteiger partial charge in [-0.25, -0.2) is 0 Å². The molecule has 142 valence electrons. The second-order valence-corrected chi connectivity index (χ2v) is 7.17. The molecular weight excluding hydrogens is 326 g/mol. The standard InChI is InChI=1S/C22H31NO3/c23-22(16-24,17-25)15-14-19-12-10-18(11-13-19)6-4-5-9-21(26)20-7-2-1-3-8-20/h1-3,7-8,10-13,21,24-26H,4-6,9,14-17,23H2. The minimum atomic E-state index is -0.905. The molecule has 0 aliphatic rings. The van der Waals surface area contributed by atoms with Crippen molar-refractivity contribution in [2.24, 2.45) is 5.73 Å². The van der Waals surface area contributed by atoms with Crippen molar-refractivity contribution in [2.75, 3.05) is 13.2 Å². The summed E-state index contributed by atoms with van der Waals surface area (Å²) >= 11 is 0. The number of benzene rings is 2. The molecule has 0 fully saturated rings. The number of aliphatic hydroxyl groups excluding tert-OH is 3. The summed E-state index contributed by atoms with van der Waals surface area (Å²) in [6.07, 6.45) is 4.72. The topological polar surface area (TPSA) is 86.7 Å². The molecule has 4 heteroatoms. The van der Waals surface area contributed by atoms with Crippen LogP contribution in [-0.2, 0) is 12.8 Å². The van der Waals surface area contributed by atoms with Crippen LogP contribution in [0.3, 0.4) is 0 Å². The highest BCUT2D eigenvalue weighted by molar-refractivity contribution is 5.23. The van der Waals surface area contributed by atoms with Gasteiger partial charge < -0.3 is 21.1 Å². The third-order valence-electron chi connectivity index (χ3n) is 4.94. The van der Waals surface area contributed by atoms with Gasteiger partial charge in [-0.05, 0) is 48.8 Å². The second kappa shape index (κ2) is 10.4. The molecule has 0 aromatic heterocycles. The van der Waals surface area contributed by atoms with Crippen molar-refractivity contribution in [3.8, 4) is 0 Å². The number of hydrogen-bond donors (Lipinski definition) is 4. The van der Waals surface area contributed by atoms with Gasteiger partial charge in [0.15, 0.2) is 0 Å². The first-order valence-corrected chi connectivity index (χ1v) is 9.38. The van der Waals surface area contributed by atoms with E-state index in [1.807, 2.05) is 30.3 Å². The SMILES string of the molecule is NC(CO)(CO)CCc1ccc(CCCCC(O)c2ccccc2)cc1. The Morgan fingerprint density at radius 2 is 1.38 bits per heavy atom. The predicted molar refractivity (Wildman–Crippen MR) is 105 cm³/mol. The molecule has 0 heterocycles. The van der Waals surface area contributed by atoms with E-state index in [0.29, 0.717) is 6.42 Å². The van der Waals surface area contributed by atoms with Gasteiger partial charge in [0.25, 0.3) is 0 Å². The van der Waals surface area contributed by atoms with Gasteiger partial charge in [-0.15, -0.1) is 0 Å². The van der Waals surface area contributed by atoms with Gasteiger partial charge in [0.2, 0.25) is 0 Å². The van der Waals surface area contributed by atoms with E-state index in [2.05, 4.69) is 24.3 Å². The maximum Gasteiger partial charge on any atom is 0.0790 e. The summed E-state index contributed by atoms with van der Waals surface area (Å²) in [5, 5.41) is 28.6. The second-order valence-electron chi connectivity index (χ2n) is 7.17. The lowest BCUT2D eigenvalue weighted by molar-refractivity contribution is 0.115. The van der Waals surface area contributed by atoms with Crippen LogP contribution < -0.4 is 5.73 Å². The van der Waals surface area contributed by atoms with Crippen molar-refractivity contribution in [3.63, 3.8) is 0 Å². The summed E-state index contributed by atoms with van der Waals surface area (Å²) in [7, 11) is 0. The molecule has 2 rings (SSSR count). The minimum Gasteiger partial charge on any atom is -0.394 e. The molecule has 0 saturated heterocycles. The molecule has 1 atom stereocenters. The fraction of sp³-hybridized carbons (Fsp3) is 0.455. The van der Waals surface area contributed by atoms with Gasteiger partial charge in [0, 0.05) is 0 Å². The number of aliphatic hydroxyl groups is 3. The van der Waals surface area contributed by atoms with Crippen LogP contribution in [-0.4, -0.2) is 34.1 Å². The van der Waals surface area contributed by atoms with Gasteiger partial charge in [-0.3, -0.25) is 0 Å². The van der Waals surface area contributed by atoms with Crippen LogP contribution in [0.25, 0.3) is 0 Å². The van der Waals surface area contributed by atoms with Crippen molar-refractivity contribution in [1.29, 1.82) is 0 Å². The molecule has 0 saturated carbocycles. The van der Waals surface area contributed by atoms with Crippen LogP contribution in [0.2, 0.25) is 0 Å². The molecule has 1 unspecified atom stereocenters.